The van der Waals surface area contributed by atoms with Gasteiger partial charge in [0.15, 0.2) is 0 Å². The standard InChI is InChI=1S/C15H19N5OS/c1-10-7-12(11(2)20(10)15-16-9-17-19-15)13-8-22-14(18-13)5-4-6-21-3/h7-9H,4-6H2,1-3H3,(H,16,17,19). The third-order valence-electron chi connectivity index (χ3n) is 3.61. The second-order valence-corrected chi connectivity index (χ2v) is 6.09. The quantitative estimate of drug-likeness (QED) is 0.710. The molecule has 0 spiro atoms. The number of ether oxygens (including phenoxy) is 1. The van der Waals surface area contributed by atoms with Gasteiger partial charge in [0, 0.05) is 42.5 Å². The van der Waals surface area contributed by atoms with Crippen LogP contribution in [0.4, 0.5) is 0 Å². The van der Waals surface area contributed by atoms with Gasteiger partial charge in [-0.25, -0.2) is 10.1 Å². The highest BCUT2D eigenvalue weighted by atomic mass is 32.1. The predicted octanol–water partition coefficient (Wildman–Crippen LogP) is 2.91. The minimum atomic E-state index is 0.733. The molecule has 6 nitrogen and oxygen atoms in total. The first kappa shape index (κ1) is 14.9. The molecule has 116 valence electrons. The van der Waals surface area contributed by atoms with Gasteiger partial charge in [-0.05, 0) is 26.3 Å². The van der Waals surface area contributed by atoms with E-state index in [1.807, 2.05) is 0 Å². The van der Waals surface area contributed by atoms with Crippen LogP contribution in [0.5, 0.6) is 0 Å². The van der Waals surface area contributed by atoms with Gasteiger partial charge in [0.2, 0.25) is 5.95 Å². The summed E-state index contributed by atoms with van der Waals surface area (Å²) in [6.45, 7) is 4.91. The molecule has 0 aliphatic heterocycles. The number of thiazole rings is 1. The lowest BCUT2D eigenvalue weighted by Gasteiger charge is -2.04. The van der Waals surface area contributed by atoms with Crippen LogP contribution in [0.1, 0.15) is 22.8 Å². The highest BCUT2D eigenvalue weighted by Gasteiger charge is 2.15. The minimum absolute atomic E-state index is 0.733. The second-order valence-electron chi connectivity index (χ2n) is 5.15. The van der Waals surface area contributed by atoms with Crippen molar-refractivity contribution in [2.45, 2.75) is 26.7 Å². The maximum atomic E-state index is 5.09. The summed E-state index contributed by atoms with van der Waals surface area (Å²) in [6, 6.07) is 2.14. The number of aryl methyl sites for hydroxylation is 2. The van der Waals surface area contributed by atoms with E-state index >= 15 is 0 Å². The first-order chi connectivity index (χ1) is 10.7. The monoisotopic (exact) mass is 317 g/mol. The summed E-state index contributed by atoms with van der Waals surface area (Å²) in [4.78, 5) is 8.99. The topological polar surface area (TPSA) is 68.6 Å². The smallest absolute Gasteiger partial charge is 0.229 e. The Hall–Kier alpha value is -1.99. The van der Waals surface area contributed by atoms with Crippen molar-refractivity contribution in [2.75, 3.05) is 13.7 Å². The Morgan fingerprint density at radius 1 is 1.36 bits per heavy atom. The second kappa shape index (κ2) is 6.41. The number of methoxy groups -OCH3 is 1. The van der Waals surface area contributed by atoms with Gasteiger partial charge in [-0.15, -0.1) is 11.3 Å². The van der Waals surface area contributed by atoms with Crippen LogP contribution in [-0.2, 0) is 11.2 Å². The number of rotatable bonds is 6. The van der Waals surface area contributed by atoms with E-state index in [1.165, 1.54) is 6.33 Å². The van der Waals surface area contributed by atoms with Gasteiger partial charge in [-0.2, -0.15) is 10.1 Å². The molecule has 3 aromatic heterocycles. The number of nitrogens with one attached hydrogen (secondary N) is 1. The van der Waals surface area contributed by atoms with Crippen LogP contribution in [0, 0.1) is 13.8 Å². The lowest BCUT2D eigenvalue weighted by Crippen LogP contribution is -2.01. The molecule has 0 radical (unpaired) electrons. The molecule has 3 aromatic rings. The number of hydrogen-bond donors (Lipinski definition) is 1. The van der Waals surface area contributed by atoms with Crippen LogP contribution in [0.3, 0.4) is 0 Å². The van der Waals surface area contributed by atoms with Crippen molar-refractivity contribution in [3.05, 3.63) is 34.2 Å². The fourth-order valence-electron chi connectivity index (χ4n) is 2.57. The van der Waals surface area contributed by atoms with Crippen molar-refractivity contribution in [2.24, 2.45) is 0 Å². The Labute approximate surface area is 133 Å². The Morgan fingerprint density at radius 3 is 2.95 bits per heavy atom. The van der Waals surface area contributed by atoms with Crippen molar-refractivity contribution >= 4 is 11.3 Å². The molecule has 0 fully saturated rings. The Kier molecular flexibility index (Phi) is 4.35. The molecule has 0 amide bonds. The van der Waals surface area contributed by atoms with Crippen LogP contribution >= 0.6 is 11.3 Å². The number of H-pyrrole nitrogens is 1. The molecule has 3 rings (SSSR count). The molecule has 0 saturated heterocycles. The lowest BCUT2D eigenvalue weighted by atomic mass is 10.2. The number of hydrogen-bond acceptors (Lipinski definition) is 5. The van der Waals surface area contributed by atoms with E-state index < -0.39 is 0 Å². The van der Waals surface area contributed by atoms with Crippen LogP contribution in [0.15, 0.2) is 17.8 Å². The van der Waals surface area contributed by atoms with E-state index in [0.717, 1.165) is 53.0 Å². The first-order valence-corrected chi connectivity index (χ1v) is 8.07. The molecular weight excluding hydrogens is 298 g/mol. The molecule has 0 saturated carbocycles. The average molecular weight is 317 g/mol. The van der Waals surface area contributed by atoms with Gasteiger partial charge in [0.25, 0.3) is 0 Å². The Morgan fingerprint density at radius 2 is 2.23 bits per heavy atom. The molecular formula is C15H19N5OS. The van der Waals surface area contributed by atoms with Crippen molar-refractivity contribution < 1.29 is 4.74 Å². The Bertz CT molecular complexity index is 744. The largest absolute Gasteiger partial charge is 0.385 e. The molecule has 0 atom stereocenters. The summed E-state index contributed by atoms with van der Waals surface area (Å²) in [7, 11) is 1.73. The molecule has 0 unspecified atom stereocenters. The zero-order valence-electron chi connectivity index (χ0n) is 13.0. The van der Waals surface area contributed by atoms with E-state index in [0.29, 0.717) is 0 Å². The van der Waals surface area contributed by atoms with Crippen molar-refractivity contribution in [3.8, 4) is 17.2 Å². The van der Waals surface area contributed by atoms with Gasteiger partial charge in [-0.1, -0.05) is 0 Å². The molecule has 0 aliphatic carbocycles. The van der Waals surface area contributed by atoms with E-state index in [9.17, 15) is 0 Å². The summed E-state index contributed by atoms with van der Waals surface area (Å²) < 4.78 is 7.15. The zero-order chi connectivity index (χ0) is 15.5. The SMILES string of the molecule is COCCCc1nc(-c2cc(C)n(-c3ncn[nH]3)c2C)cs1. The van der Waals surface area contributed by atoms with Crippen LogP contribution < -0.4 is 0 Å². The third kappa shape index (κ3) is 2.82. The van der Waals surface area contributed by atoms with Gasteiger partial charge in [0.1, 0.15) is 6.33 Å². The third-order valence-corrected chi connectivity index (χ3v) is 4.52. The predicted molar refractivity (Wildman–Crippen MR) is 86.5 cm³/mol. The van der Waals surface area contributed by atoms with Crippen LogP contribution in [-0.4, -0.2) is 38.4 Å². The highest BCUT2D eigenvalue weighted by molar-refractivity contribution is 7.09. The average Bonchev–Trinajstić information content (AvgIpc) is 3.20. The molecule has 0 bridgehead atoms. The molecule has 0 aliphatic rings. The molecule has 0 aromatic carbocycles. The van der Waals surface area contributed by atoms with E-state index in [4.69, 9.17) is 9.72 Å². The van der Waals surface area contributed by atoms with Gasteiger partial charge in [-0.3, -0.25) is 4.57 Å². The summed E-state index contributed by atoms with van der Waals surface area (Å²) in [6.07, 6.45) is 3.48. The summed E-state index contributed by atoms with van der Waals surface area (Å²) in [5, 5.41) is 10.1. The van der Waals surface area contributed by atoms with Crippen LogP contribution in [0.25, 0.3) is 17.2 Å². The van der Waals surface area contributed by atoms with E-state index in [-0.39, 0.29) is 0 Å². The zero-order valence-corrected chi connectivity index (χ0v) is 13.8. The fraction of sp³-hybridized carbons (Fsp3) is 0.400. The van der Waals surface area contributed by atoms with Crippen molar-refractivity contribution in [1.29, 1.82) is 0 Å². The number of nitrogens with zero attached hydrogens (tertiary/aromatic N) is 4. The van der Waals surface area contributed by atoms with Crippen molar-refractivity contribution in [1.82, 2.24) is 24.7 Å². The van der Waals surface area contributed by atoms with E-state index in [1.54, 1.807) is 18.4 Å². The lowest BCUT2D eigenvalue weighted by molar-refractivity contribution is 0.195. The highest BCUT2D eigenvalue weighted by Crippen LogP contribution is 2.29. The van der Waals surface area contributed by atoms with Gasteiger partial charge < -0.3 is 4.74 Å². The first-order valence-electron chi connectivity index (χ1n) is 7.19. The molecule has 3 heterocycles. The summed E-state index contributed by atoms with van der Waals surface area (Å²) in [5.74, 6) is 0.733. The van der Waals surface area contributed by atoms with E-state index in [2.05, 4.69) is 45.0 Å². The maximum Gasteiger partial charge on any atom is 0.229 e. The summed E-state index contributed by atoms with van der Waals surface area (Å²) in [5.41, 5.74) is 4.39. The number of aromatic amines is 1. The van der Waals surface area contributed by atoms with Crippen LogP contribution in [0.2, 0.25) is 0 Å². The Balaban J connectivity index is 1.88. The summed E-state index contributed by atoms with van der Waals surface area (Å²) >= 11 is 1.70. The van der Waals surface area contributed by atoms with Gasteiger partial charge >= 0.3 is 0 Å². The molecule has 22 heavy (non-hydrogen) atoms. The number of aromatic nitrogens is 5. The van der Waals surface area contributed by atoms with Crippen molar-refractivity contribution in [3.63, 3.8) is 0 Å². The van der Waals surface area contributed by atoms with Gasteiger partial charge in [0.05, 0.1) is 10.7 Å². The normalized spacial score (nSPS) is 11.2. The molecule has 1 N–H and O–H groups in total. The molecule has 7 heteroatoms. The fourth-order valence-corrected chi connectivity index (χ4v) is 3.41. The minimum Gasteiger partial charge on any atom is -0.385 e. The maximum absolute atomic E-state index is 5.09.